The van der Waals surface area contributed by atoms with Crippen LogP contribution in [0.25, 0.3) is 0 Å². The molecule has 11 heavy (non-hydrogen) atoms. The molecule has 0 spiro atoms. The first-order chi connectivity index (χ1) is 5.16. The van der Waals surface area contributed by atoms with Crippen molar-refractivity contribution in [1.82, 2.24) is 5.32 Å². The molecule has 0 aromatic heterocycles. The van der Waals surface area contributed by atoms with E-state index in [4.69, 9.17) is 10.8 Å². The van der Waals surface area contributed by atoms with Gasteiger partial charge in [0, 0.05) is 19.1 Å². The van der Waals surface area contributed by atoms with E-state index in [-0.39, 0.29) is 12.6 Å². The highest BCUT2D eigenvalue weighted by Crippen LogP contribution is 1.92. The molecule has 0 aliphatic carbocycles. The second-order valence-corrected chi connectivity index (χ2v) is 2.79. The van der Waals surface area contributed by atoms with Gasteiger partial charge >= 0.3 is 0 Å². The molecule has 2 atom stereocenters. The molecule has 0 saturated heterocycles. The van der Waals surface area contributed by atoms with Crippen molar-refractivity contribution in [3.8, 4) is 0 Å². The maximum atomic E-state index is 9.22. The minimum absolute atomic E-state index is 0.0286. The van der Waals surface area contributed by atoms with Gasteiger partial charge in [-0.3, -0.25) is 0 Å². The number of aliphatic hydroxyl groups excluding tert-OH is 2. The van der Waals surface area contributed by atoms with E-state index in [1.807, 2.05) is 6.92 Å². The summed E-state index contributed by atoms with van der Waals surface area (Å²) in [6.07, 6.45) is 0.194. The van der Waals surface area contributed by atoms with Crippen LogP contribution >= 0.6 is 0 Å². The van der Waals surface area contributed by atoms with Crippen molar-refractivity contribution < 1.29 is 10.2 Å². The highest BCUT2D eigenvalue weighted by atomic mass is 16.3. The van der Waals surface area contributed by atoms with Gasteiger partial charge in [-0.05, 0) is 13.3 Å². The Hall–Kier alpha value is -0.160. The number of nitrogens with two attached hydrogens (primary N) is 1. The molecule has 0 amide bonds. The second kappa shape index (κ2) is 6.54. The van der Waals surface area contributed by atoms with E-state index in [9.17, 15) is 5.11 Å². The van der Waals surface area contributed by atoms with Crippen molar-refractivity contribution >= 4 is 0 Å². The Morgan fingerprint density at radius 3 is 2.64 bits per heavy atom. The van der Waals surface area contributed by atoms with Crippen LogP contribution in [0.2, 0.25) is 0 Å². The molecule has 0 aromatic rings. The van der Waals surface area contributed by atoms with Gasteiger partial charge in [0.05, 0.1) is 12.7 Å². The van der Waals surface area contributed by atoms with Crippen LogP contribution in [0.1, 0.15) is 13.3 Å². The van der Waals surface area contributed by atoms with Crippen LogP contribution < -0.4 is 11.1 Å². The molecule has 0 aromatic carbocycles. The highest BCUT2D eigenvalue weighted by molar-refractivity contribution is 4.64. The number of hydrogen-bond donors (Lipinski definition) is 4. The molecule has 2 unspecified atom stereocenters. The van der Waals surface area contributed by atoms with E-state index in [1.165, 1.54) is 0 Å². The summed E-state index contributed by atoms with van der Waals surface area (Å²) in [7, 11) is 0. The monoisotopic (exact) mass is 162 g/mol. The van der Waals surface area contributed by atoms with E-state index in [2.05, 4.69) is 5.32 Å². The quantitative estimate of drug-likeness (QED) is 0.365. The third kappa shape index (κ3) is 7.74. The molecule has 68 valence electrons. The molecule has 0 saturated carbocycles. The Bertz CT molecular complexity index is 88.5. The standard InChI is InChI=1S/C7H18N2O2/c1-6(8)4-7(11)5-9-2-3-10/h6-7,9-11H,2-5,8H2,1H3. The van der Waals surface area contributed by atoms with Crippen LogP contribution in [-0.4, -0.2) is 42.1 Å². The average Bonchev–Trinajstić information content (AvgIpc) is 1.86. The minimum Gasteiger partial charge on any atom is -0.395 e. The highest BCUT2D eigenvalue weighted by Gasteiger charge is 2.05. The fraction of sp³-hybridized carbons (Fsp3) is 1.00. The first-order valence-corrected chi connectivity index (χ1v) is 3.92. The van der Waals surface area contributed by atoms with E-state index in [0.29, 0.717) is 19.5 Å². The predicted molar refractivity (Wildman–Crippen MR) is 44.2 cm³/mol. The zero-order valence-electron chi connectivity index (χ0n) is 6.95. The van der Waals surface area contributed by atoms with Crippen molar-refractivity contribution in [3.63, 3.8) is 0 Å². The molecule has 0 bridgehead atoms. The Morgan fingerprint density at radius 2 is 2.18 bits per heavy atom. The van der Waals surface area contributed by atoms with Crippen molar-refractivity contribution in [2.45, 2.75) is 25.5 Å². The number of hydrogen-bond acceptors (Lipinski definition) is 4. The van der Waals surface area contributed by atoms with Gasteiger partial charge in [-0.15, -0.1) is 0 Å². The van der Waals surface area contributed by atoms with Gasteiger partial charge in [-0.25, -0.2) is 0 Å². The van der Waals surface area contributed by atoms with Crippen LogP contribution in [0, 0.1) is 0 Å². The van der Waals surface area contributed by atoms with Crippen molar-refractivity contribution in [1.29, 1.82) is 0 Å². The molecule has 0 rings (SSSR count). The molecule has 4 heteroatoms. The molecule has 0 fully saturated rings. The lowest BCUT2D eigenvalue weighted by Crippen LogP contribution is -2.33. The van der Waals surface area contributed by atoms with Crippen molar-refractivity contribution in [2.75, 3.05) is 19.7 Å². The van der Waals surface area contributed by atoms with Gasteiger partial charge in [0.2, 0.25) is 0 Å². The molecular formula is C7H18N2O2. The largest absolute Gasteiger partial charge is 0.395 e. The fourth-order valence-electron chi connectivity index (χ4n) is 0.860. The van der Waals surface area contributed by atoms with Crippen molar-refractivity contribution in [2.24, 2.45) is 5.73 Å². The van der Waals surface area contributed by atoms with E-state index >= 15 is 0 Å². The fourth-order valence-corrected chi connectivity index (χ4v) is 0.860. The summed E-state index contributed by atoms with van der Waals surface area (Å²) in [4.78, 5) is 0. The SMILES string of the molecule is CC(N)CC(O)CNCCO. The molecular weight excluding hydrogens is 144 g/mol. The van der Waals surface area contributed by atoms with Gasteiger partial charge in [-0.2, -0.15) is 0 Å². The Kier molecular flexibility index (Phi) is 6.45. The molecule has 0 aliphatic rings. The average molecular weight is 162 g/mol. The van der Waals surface area contributed by atoms with Gasteiger partial charge in [-0.1, -0.05) is 0 Å². The summed E-state index contributed by atoms with van der Waals surface area (Å²) in [6.45, 7) is 2.98. The van der Waals surface area contributed by atoms with Gasteiger partial charge in [0.15, 0.2) is 0 Å². The van der Waals surface area contributed by atoms with Crippen LogP contribution in [-0.2, 0) is 0 Å². The van der Waals surface area contributed by atoms with E-state index < -0.39 is 6.10 Å². The molecule has 0 aliphatic heterocycles. The van der Waals surface area contributed by atoms with E-state index in [1.54, 1.807) is 0 Å². The molecule has 0 heterocycles. The molecule has 4 nitrogen and oxygen atoms in total. The second-order valence-electron chi connectivity index (χ2n) is 2.79. The zero-order valence-corrected chi connectivity index (χ0v) is 6.95. The summed E-state index contributed by atoms with van der Waals surface area (Å²) in [5.74, 6) is 0. The van der Waals surface area contributed by atoms with Crippen LogP contribution in [0.5, 0.6) is 0 Å². The van der Waals surface area contributed by atoms with Gasteiger partial charge in [0.25, 0.3) is 0 Å². The third-order valence-electron chi connectivity index (χ3n) is 1.31. The van der Waals surface area contributed by atoms with Crippen molar-refractivity contribution in [3.05, 3.63) is 0 Å². The normalized spacial score (nSPS) is 16.4. The summed E-state index contributed by atoms with van der Waals surface area (Å²) >= 11 is 0. The Balaban J connectivity index is 3.15. The summed E-state index contributed by atoms with van der Waals surface area (Å²) in [5.41, 5.74) is 5.46. The first kappa shape index (κ1) is 10.8. The van der Waals surface area contributed by atoms with Crippen LogP contribution in [0.4, 0.5) is 0 Å². The van der Waals surface area contributed by atoms with Gasteiger partial charge < -0.3 is 21.3 Å². The van der Waals surface area contributed by atoms with Crippen LogP contribution in [0.3, 0.4) is 0 Å². The number of aliphatic hydroxyl groups is 2. The lowest BCUT2D eigenvalue weighted by molar-refractivity contribution is 0.152. The third-order valence-corrected chi connectivity index (χ3v) is 1.31. The van der Waals surface area contributed by atoms with E-state index in [0.717, 1.165) is 0 Å². The zero-order chi connectivity index (χ0) is 8.69. The lowest BCUT2D eigenvalue weighted by Gasteiger charge is -2.12. The predicted octanol–water partition coefficient (Wildman–Crippen LogP) is -1.33. The number of nitrogens with one attached hydrogen (secondary N) is 1. The smallest absolute Gasteiger partial charge is 0.0679 e. The minimum atomic E-state index is -0.401. The Labute approximate surface area is 67.4 Å². The maximum absolute atomic E-state index is 9.22. The number of rotatable bonds is 6. The summed E-state index contributed by atoms with van der Waals surface area (Å²) in [5, 5.41) is 20.5. The molecule has 5 N–H and O–H groups in total. The maximum Gasteiger partial charge on any atom is 0.0679 e. The summed E-state index contributed by atoms with van der Waals surface area (Å²) in [6, 6.07) is 0.0286. The Morgan fingerprint density at radius 1 is 1.55 bits per heavy atom. The van der Waals surface area contributed by atoms with Gasteiger partial charge in [0.1, 0.15) is 0 Å². The first-order valence-electron chi connectivity index (χ1n) is 3.92. The van der Waals surface area contributed by atoms with Crippen LogP contribution in [0.15, 0.2) is 0 Å². The topological polar surface area (TPSA) is 78.5 Å². The molecule has 0 radical (unpaired) electrons. The summed E-state index contributed by atoms with van der Waals surface area (Å²) < 4.78 is 0. The lowest BCUT2D eigenvalue weighted by atomic mass is 10.1.